The molecule has 1 aromatic heterocycles. The van der Waals surface area contributed by atoms with Crippen molar-refractivity contribution >= 4 is 17.4 Å². The molecule has 0 atom stereocenters. The van der Waals surface area contributed by atoms with Crippen molar-refractivity contribution in [3.63, 3.8) is 0 Å². The fraction of sp³-hybridized carbons (Fsp3) is 0.300. The number of alkyl halides is 1. The SMILES string of the molecule is C#CCN(C)c1ncccc1CCl. The Kier molecular flexibility index (Phi) is 3.60. The molecule has 0 fully saturated rings. The number of pyridine rings is 1. The molecule has 0 aromatic carbocycles. The van der Waals surface area contributed by atoms with Gasteiger partial charge in [0, 0.05) is 18.8 Å². The predicted octanol–water partition coefficient (Wildman–Crippen LogP) is 1.89. The molecule has 68 valence electrons. The average Bonchev–Trinajstić information content (AvgIpc) is 2.18. The lowest BCUT2D eigenvalue weighted by atomic mass is 10.3. The van der Waals surface area contributed by atoms with Gasteiger partial charge in [0.05, 0.1) is 12.4 Å². The molecular formula is C10H11ClN2. The summed E-state index contributed by atoms with van der Waals surface area (Å²) in [5, 5.41) is 0. The summed E-state index contributed by atoms with van der Waals surface area (Å²) >= 11 is 5.76. The van der Waals surface area contributed by atoms with E-state index in [2.05, 4.69) is 10.9 Å². The maximum atomic E-state index is 5.76. The van der Waals surface area contributed by atoms with E-state index in [1.807, 2.05) is 24.1 Å². The molecule has 3 heteroatoms. The van der Waals surface area contributed by atoms with Crippen LogP contribution in [0.4, 0.5) is 5.82 Å². The predicted molar refractivity (Wildman–Crippen MR) is 55.9 cm³/mol. The van der Waals surface area contributed by atoms with E-state index in [1.165, 1.54) is 0 Å². The van der Waals surface area contributed by atoms with Crippen LogP contribution in [0.25, 0.3) is 0 Å². The third-order valence-corrected chi connectivity index (χ3v) is 1.99. The number of hydrogen-bond donors (Lipinski definition) is 0. The van der Waals surface area contributed by atoms with Gasteiger partial charge < -0.3 is 4.90 Å². The number of hydrogen-bond acceptors (Lipinski definition) is 2. The van der Waals surface area contributed by atoms with Crippen molar-refractivity contribution in [1.82, 2.24) is 4.98 Å². The number of halogens is 1. The van der Waals surface area contributed by atoms with E-state index >= 15 is 0 Å². The second-order valence-corrected chi connectivity index (χ2v) is 2.95. The third kappa shape index (κ3) is 2.37. The molecule has 13 heavy (non-hydrogen) atoms. The highest BCUT2D eigenvalue weighted by molar-refractivity contribution is 6.17. The van der Waals surface area contributed by atoms with Crippen molar-refractivity contribution in [2.24, 2.45) is 0 Å². The number of aromatic nitrogens is 1. The largest absolute Gasteiger partial charge is 0.348 e. The molecule has 0 aliphatic heterocycles. The number of anilines is 1. The van der Waals surface area contributed by atoms with Crippen LogP contribution in [0, 0.1) is 12.3 Å². The summed E-state index contributed by atoms with van der Waals surface area (Å²) in [6.45, 7) is 0.543. The quantitative estimate of drug-likeness (QED) is 0.540. The maximum absolute atomic E-state index is 5.76. The minimum Gasteiger partial charge on any atom is -0.348 e. The van der Waals surface area contributed by atoms with Crippen LogP contribution < -0.4 is 4.90 Å². The highest BCUT2D eigenvalue weighted by Gasteiger charge is 2.05. The molecule has 2 nitrogen and oxygen atoms in total. The molecule has 0 saturated carbocycles. The molecule has 0 bridgehead atoms. The molecule has 0 aliphatic rings. The molecule has 0 unspecified atom stereocenters. The Morgan fingerprint density at radius 3 is 3.08 bits per heavy atom. The van der Waals surface area contributed by atoms with Gasteiger partial charge in [-0.25, -0.2) is 4.98 Å². The molecule has 1 rings (SSSR count). The van der Waals surface area contributed by atoms with Gasteiger partial charge in [0.15, 0.2) is 0 Å². The Labute approximate surface area is 83.5 Å². The zero-order valence-electron chi connectivity index (χ0n) is 7.50. The highest BCUT2D eigenvalue weighted by atomic mass is 35.5. The molecular weight excluding hydrogens is 184 g/mol. The zero-order valence-corrected chi connectivity index (χ0v) is 8.25. The van der Waals surface area contributed by atoms with Crippen LogP contribution in [-0.4, -0.2) is 18.6 Å². The van der Waals surface area contributed by atoms with Gasteiger partial charge in [0.1, 0.15) is 5.82 Å². The maximum Gasteiger partial charge on any atom is 0.133 e. The van der Waals surface area contributed by atoms with Crippen molar-refractivity contribution in [3.05, 3.63) is 23.9 Å². The summed E-state index contributed by atoms with van der Waals surface area (Å²) in [6.07, 6.45) is 6.94. The summed E-state index contributed by atoms with van der Waals surface area (Å²) in [7, 11) is 1.90. The van der Waals surface area contributed by atoms with E-state index in [0.717, 1.165) is 11.4 Å². The lowest BCUT2D eigenvalue weighted by Crippen LogP contribution is -2.19. The highest BCUT2D eigenvalue weighted by Crippen LogP contribution is 2.16. The van der Waals surface area contributed by atoms with E-state index in [9.17, 15) is 0 Å². The van der Waals surface area contributed by atoms with Gasteiger partial charge in [-0.2, -0.15) is 0 Å². The first-order chi connectivity index (χ1) is 6.29. The molecule has 0 amide bonds. The van der Waals surface area contributed by atoms with Gasteiger partial charge in [-0.3, -0.25) is 0 Å². The first-order valence-corrected chi connectivity index (χ1v) is 4.47. The standard InChI is InChI=1S/C10H11ClN2/c1-3-7-13(2)10-9(8-11)5-4-6-12-10/h1,4-6H,7-8H2,2H3. The Balaban J connectivity index is 2.93. The molecule has 1 aromatic rings. The molecule has 0 spiro atoms. The van der Waals surface area contributed by atoms with Crippen LogP contribution in [0.15, 0.2) is 18.3 Å². The Morgan fingerprint density at radius 2 is 2.46 bits per heavy atom. The normalized spacial score (nSPS) is 9.31. The van der Waals surface area contributed by atoms with Gasteiger partial charge in [-0.1, -0.05) is 12.0 Å². The van der Waals surface area contributed by atoms with Crippen LogP contribution in [0.5, 0.6) is 0 Å². The van der Waals surface area contributed by atoms with Crippen LogP contribution >= 0.6 is 11.6 Å². The Hall–Kier alpha value is -1.20. The van der Waals surface area contributed by atoms with Gasteiger partial charge in [0.2, 0.25) is 0 Å². The number of nitrogens with zero attached hydrogens (tertiary/aromatic N) is 2. The van der Waals surface area contributed by atoms with Crippen molar-refractivity contribution in [2.75, 3.05) is 18.5 Å². The number of terminal acetylenes is 1. The Morgan fingerprint density at radius 1 is 1.69 bits per heavy atom. The van der Waals surface area contributed by atoms with Gasteiger partial charge in [-0.15, -0.1) is 18.0 Å². The second kappa shape index (κ2) is 4.74. The molecule has 0 saturated heterocycles. The van der Waals surface area contributed by atoms with Gasteiger partial charge >= 0.3 is 0 Å². The first-order valence-electron chi connectivity index (χ1n) is 3.94. The summed E-state index contributed by atoms with van der Waals surface area (Å²) < 4.78 is 0. The fourth-order valence-corrected chi connectivity index (χ4v) is 1.30. The fourth-order valence-electron chi connectivity index (χ4n) is 1.09. The van der Waals surface area contributed by atoms with E-state index in [1.54, 1.807) is 6.20 Å². The summed E-state index contributed by atoms with van der Waals surface area (Å²) in [6, 6.07) is 3.81. The summed E-state index contributed by atoms with van der Waals surface area (Å²) in [4.78, 5) is 6.11. The molecule has 0 N–H and O–H groups in total. The van der Waals surface area contributed by atoms with Crippen molar-refractivity contribution in [1.29, 1.82) is 0 Å². The second-order valence-electron chi connectivity index (χ2n) is 2.68. The van der Waals surface area contributed by atoms with Crippen LogP contribution in [-0.2, 0) is 5.88 Å². The lowest BCUT2D eigenvalue weighted by molar-refractivity contribution is 0.989. The van der Waals surface area contributed by atoms with E-state index in [0.29, 0.717) is 12.4 Å². The molecule has 0 aliphatic carbocycles. The van der Waals surface area contributed by atoms with Gasteiger partial charge in [0.25, 0.3) is 0 Å². The minimum atomic E-state index is 0.456. The average molecular weight is 195 g/mol. The zero-order chi connectivity index (χ0) is 9.68. The molecule has 0 radical (unpaired) electrons. The number of rotatable bonds is 3. The minimum absolute atomic E-state index is 0.456. The van der Waals surface area contributed by atoms with Crippen molar-refractivity contribution in [3.8, 4) is 12.3 Å². The van der Waals surface area contributed by atoms with Crippen LogP contribution in [0.1, 0.15) is 5.56 Å². The van der Waals surface area contributed by atoms with Crippen LogP contribution in [0.2, 0.25) is 0 Å². The Bertz CT molecular complexity index is 317. The smallest absolute Gasteiger partial charge is 0.133 e. The van der Waals surface area contributed by atoms with Gasteiger partial charge in [-0.05, 0) is 6.07 Å². The summed E-state index contributed by atoms with van der Waals surface area (Å²) in [5.41, 5.74) is 1.00. The first kappa shape index (κ1) is 9.88. The lowest BCUT2D eigenvalue weighted by Gasteiger charge is -2.17. The topological polar surface area (TPSA) is 16.1 Å². The van der Waals surface area contributed by atoms with Crippen LogP contribution in [0.3, 0.4) is 0 Å². The van der Waals surface area contributed by atoms with E-state index < -0.39 is 0 Å². The third-order valence-electron chi connectivity index (χ3n) is 1.70. The van der Waals surface area contributed by atoms with Crippen molar-refractivity contribution < 1.29 is 0 Å². The van der Waals surface area contributed by atoms with Crippen molar-refractivity contribution in [2.45, 2.75) is 5.88 Å². The van der Waals surface area contributed by atoms with E-state index in [-0.39, 0.29) is 0 Å². The van der Waals surface area contributed by atoms with E-state index in [4.69, 9.17) is 18.0 Å². The molecule has 1 heterocycles. The summed E-state index contributed by atoms with van der Waals surface area (Å²) in [5.74, 6) is 3.87. The monoisotopic (exact) mass is 194 g/mol.